The fourth-order valence-corrected chi connectivity index (χ4v) is 0.583. The first kappa shape index (κ1) is 11.4. The molecule has 0 saturated heterocycles. The lowest BCUT2D eigenvalue weighted by atomic mass is 10.2. The zero-order valence-corrected chi connectivity index (χ0v) is 7.66. The van der Waals surface area contributed by atoms with Gasteiger partial charge in [0.15, 0.2) is 0 Å². The topological polar surface area (TPSA) is 79.2 Å². The highest BCUT2D eigenvalue weighted by molar-refractivity contribution is 5.84. The van der Waals surface area contributed by atoms with Crippen LogP contribution in [0.2, 0.25) is 0 Å². The number of nitrogens with zero attached hydrogens (tertiary/aromatic N) is 1. The van der Waals surface area contributed by atoms with Crippen LogP contribution in [0, 0.1) is 17.2 Å². The molecule has 1 atom stereocenters. The molecule has 0 aliphatic heterocycles. The third-order valence-corrected chi connectivity index (χ3v) is 1.30. The Morgan fingerprint density at radius 3 is 2.69 bits per heavy atom. The SMILES string of the molecule is CCOC(=O)CNC(=O)C(C)C#N. The van der Waals surface area contributed by atoms with Crippen LogP contribution in [0.3, 0.4) is 0 Å². The summed E-state index contributed by atoms with van der Waals surface area (Å²) in [5.41, 5.74) is 0. The van der Waals surface area contributed by atoms with Gasteiger partial charge in [-0.2, -0.15) is 5.26 Å². The molecule has 0 aromatic rings. The van der Waals surface area contributed by atoms with Gasteiger partial charge >= 0.3 is 5.97 Å². The number of nitriles is 1. The van der Waals surface area contributed by atoms with Gasteiger partial charge in [-0.1, -0.05) is 0 Å². The number of esters is 1. The number of amides is 1. The van der Waals surface area contributed by atoms with E-state index in [0.717, 1.165) is 0 Å². The number of nitrogens with one attached hydrogen (secondary N) is 1. The van der Waals surface area contributed by atoms with Crippen molar-refractivity contribution in [1.29, 1.82) is 5.26 Å². The minimum Gasteiger partial charge on any atom is -0.465 e. The van der Waals surface area contributed by atoms with E-state index < -0.39 is 17.8 Å². The molecule has 0 aliphatic rings. The summed E-state index contributed by atoms with van der Waals surface area (Å²) in [6, 6.07) is 1.76. The number of ether oxygens (including phenoxy) is 1. The quantitative estimate of drug-likeness (QED) is 0.615. The van der Waals surface area contributed by atoms with E-state index in [1.54, 1.807) is 13.0 Å². The lowest BCUT2D eigenvalue weighted by molar-refractivity contribution is -0.143. The summed E-state index contributed by atoms with van der Waals surface area (Å²) in [4.78, 5) is 21.7. The van der Waals surface area contributed by atoms with Gasteiger partial charge in [0.1, 0.15) is 12.5 Å². The van der Waals surface area contributed by atoms with Gasteiger partial charge in [-0.05, 0) is 13.8 Å². The minimum atomic E-state index is -0.741. The van der Waals surface area contributed by atoms with Crippen molar-refractivity contribution in [2.45, 2.75) is 13.8 Å². The number of hydrogen-bond acceptors (Lipinski definition) is 4. The zero-order chi connectivity index (χ0) is 10.3. The van der Waals surface area contributed by atoms with Crippen molar-refractivity contribution in [3.63, 3.8) is 0 Å². The summed E-state index contributed by atoms with van der Waals surface area (Å²) >= 11 is 0. The predicted molar refractivity (Wildman–Crippen MR) is 44.4 cm³/mol. The average molecular weight is 184 g/mol. The number of rotatable bonds is 4. The van der Waals surface area contributed by atoms with E-state index in [1.165, 1.54) is 6.92 Å². The van der Waals surface area contributed by atoms with Crippen molar-refractivity contribution < 1.29 is 14.3 Å². The van der Waals surface area contributed by atoms with E-state index in [-0.39, 0.29) is 13.2 Å². The van der Waals surface area contributed by atoms with Crippen LogP contribution in [0.1, 0.15) is 13.8 Å². The van der Waals surface area contributed by atoms with Gasteiger partial charge in [0.2, 0.25) is 5.91 Å². The van der Waals surface area contributed by atoms with Gasteiger partial charge in [-0.3, -0.25) is 9.59 Å². The van der Waals surface area contributed by atoms with Crippen molar-refractivity contribution in [3.8, 4) is 6.07 Å². The van der Waals surface area contributed by atoms with Crippen molar-refractivity contribution >= 4 is 11.9 Å². The summed E-state index contributed by atoms with van der Waals surface area (Å²) in [6.45, 7) is 3.24. The minimum absolute atomic E-state index is 0.182. The molecule has 0 fully saturated rings. The first-order chi connectivity index (χ1) is 6.11. The molecule has 0 heterocycles. The van der Waals surface area contributed by atoms with Crippen LogP contribution in [0.15, 0.2) is 0 Å². The van der Waals surface area contributed by atoms with Crippen LogP contribution in [0.25, 0.3) is 0 Å². The molecule has 13 heavy (non-hydrogen) atoms. The zero-order valence-electron chi connectivity index (χ0n) is 7.66. The van der Waals surface area contributed by atoms with Crippen LogP contribution in [0.4, 0.5) is 0 Å². The van der Waals surface area contributed by atoms with Crippen molar-refractivity contribution in [1.82, 2.24) is 5.32 Å². The standard InChI is InChI=1S/C8H12N2O3/c1-3-13-7(11)5-10-8(12)6(2)4-9/h6H,3,5H2,1-2H3,(H,10,12). The number of carbonyl (C=O) groups excluding carboxylic acids is 2. The fraction of sp³-hybridized carbons (Fsp3) is 0.625. The van der Waals surface area contributed by atoms with E-state index in [1.807, 2.05) is 0 Å². The Labute approximate surface area is 76.7 Å². The van der Waals surface area contributed by atoms with E-state index in [2.05, 4.69) is 10.1 Å². The first-order valence-corrected chi connectivity index (χ1v) is 3.94. The van der Waals surface area contributed by atoms with Crippen LogP contribution < -0.4 is 5.32 Å². The third kappa shape index (κ3) is 4.80. The molecule has 0 radical (unpaired) electrons. The summed E-state index contributed by atoms with van der Waals surface area (Å²) in [6.07, 6.45) is 0. The van der Waals surface area contributed by atoms with E-state index in [9.17, 15) is 9.59 Å². The van der Waals surface area contributed by atoms with Crippen molar-refractivity contribution in [2.75, 3.05) is 13.2 Å². The van der Waals surface area contributed by atoms with Gasteiger partial charge in [0.25, 0.3) is 0 Å². The van der Waals surface area contributed by atoms with E-state index in [4.69, 9.17) is 5.26 Å². The smallest absolute Gasteiger partial charge is 0.325 e. The predicted octanol–water partition coefficient (Wildman–Crippen LogP) is -0.175. The van der Waals surface area contributed by atoms with Gasteiger partial charge < -0.3 is 10.1 Å². The molecule has 1 unspecified atom stereocenters. The van der Waals surface area contributed by atoms with Gasteiger partial charge in [0.05, 0.1) is 12.7 Å². The Bertz CT molecular complexity index is 232. The highest BCUT2D eigenvalue weighted by Crippen LogP contribution is 1.90. The summed E-state index contributed by atoms with van der Waals surface area (Å²) in [7, 11) is 0. The largest absolute Gasteiger partial charge is 0.465 e. The molecular weight excluding hydrogens is 172 g/mol. The lowest BCUT2D eigenvalue weighted by Gasteiger charge is -2.04. The maximum Gasteiger partial charge on any atom is 0.325 e. The van der Waals surface area contributed by atoms with Crippen LogP contribution in [-0.4, -0.2) is 25.0 Å². The third-order valence-electron chi connectivity index (χ3n) is 1.30. The Hall–Kier alpha value is -1.57. The normalized spacial score (nSPS) is 11.2. The second-order valence-electron chi connectivity index (χ2n) is 2.37. The van der Waals surface area contributed by atoms with E-state index in [0.29, 0.717) is 0 Å². The molecule has 0 rings (SSSR count). The van der Waals surface area contributed by atoms with Crippen LogP contribution in [-0.2, 0) is 14.3 Å². The number of carbonyl (C=O) groups is 2. The monoisotopic (exact) mass is 184 g/mol. The lowest BCUT2D eigenvalue weighted by Crippen LogP contribution is -2.33. The first-order valence-electron chi connectivity index (χ1n) is 3.94. The Morgan fingerprint density at radius 2 is 2.23 bits per heavy atom. The summed E-state index contributed by atoms with van der Waals surface area (Å²) in [5, 5.41) is 10.6. The highest BCUT2D eigenvalue weighted by atomic mass is 16.5. The summed E-state index contributed by atoms with van der Waals surface area (Å²) < 4.78 is 4.57. The number of hydrogen-bond donors (Lipinski definition) is 1. The second kappa shape index (κ2) is 6.00. The van der Waals surface area contributed by atoms with Gasteiger partial charge in [0, 0.05) is 0 Å². The fourth-order valence-electron chi connectivity index (χ4n) is 0.583. The molecular formula is C8H12N2O3. The molecule has 0 saturated carbocycles. The van der Waals surface area contributed by atoms with Crippen LogP contribution >= 0.6 is 0 Å². The molecule has 0 spiro atoms. The second-order valence-corrected chi connectivity index (χ2v) is 2.37. The highest BCUT2D eigenvalue weighted by Gasteiger charge is 2.12. The van der Waals surface area contributed by atoms with Gasteiger partial charge in [-0.15, -0.1) is 0 Å². The molecule has 5 heteroatoms. The Kier molecular flexibility index (Phi) is 5.28. The molecule has 1 N–H and O–H groups in total. The Balaban J connectivity index is 3.71. The van der Waals surface area contributed by atoms with Crippen molar-refractivity contribution in [2.24, 2.45) is 5.92 Å². The molecule has 5 nitrogen and oxygen atoms in total. The maximum absolute atomic E-state index is 10.9. The average Bonchev–Trinajstić information content (AvgIpc) is 2.13. The maximum atomic E-state index is 10.9. The molecule has 0 bridgehead atoms. The van der Waals surface area contributed by atoms with Crippen molar-refractivity contribution in [3.05, 3.63) is 0 Å². The molecule has 0 aromatic carbocycles. The molecule has 0 aliphatic carbocycles. The molecule has 0 aromatic heterocycles. The Morgan fingerprint density at radius 1 is 1.62 bits per heavy atom. The molecule has 1 amide bonds. The van der Waals surface area contributed by atoms with Gasteiger partial charge in [-0.25, -0.2) is 0 Å². The van der Waals surface area contributed by atoms with Crippen LogP contribution in [0.5, 0.6) is 0 Å². The summed E-state index contributed by atoms with van der Waals surface area (Å²) in [5.74, 6) is -1.70. The van der Waals surface area contributed by atoms with E-state index >= 15 is 0 Å². The molecule has 72 valence electrons.